The fraction of sp³-hybridized carbons (Fsp3) is 0.167. The van der Waals surface area contributed by atoms with Crippen LogP contribution in [-0.4, -0.2) is 28.4 Å². The zero-order valence-electron chi connectivity index (χ0n) is 17.8. The molecule has 1 unspecified atom stereocenters. The van der Waals surface area contributed by atoms with Crippen molar-refractivity contribution in [2.24, 2.45) is 0 Å². The quantitative estimate of drug-likeness (QED) is 0.352. The molecule has 2 amide bonds. The van der Waals surface area contributed by atoms with Gasteiger partial charge in [-0.15, -0.1) is 0 Å². The second kappa shape index (κ2) is 9.20. The highest BCUT2D eigenvalue weighted by atomic mass is 35.5. The molecule has 0 aliphatic rings. The molecule has 1 aromatic heterocycles. The summed E-state index contributed by atoms with van der Waals surface area (Å²) in [6.07, 6.45) is 1.05. The van der Waals surface area contributed by atoms with E-state index in [1.54, 1.807) is 24.4 Å². The van der Waals surface area contributed by atoms with Crippen molar-refractivity contribution in [2.75, 3.05) is 10.6 Å². The highest BCUT2D eigenvalue weighted by Gasteiger charge is 2.36. The number of hydrogen-bond donors (Lipinski definition) is 3. The predicted octanol–water partition coefficient (Wildman–Crippen LogP) is 5.20. The maximum Gasteiger partial charge on any atom is 0.409 e. The minimum absolute atomic E-state index is 0.139. The van der Waals surface area contributed by atoms with E-state index in [0.29, 0.717) is 16.9 Å². The van der Waals surface area contributed by atoms with Crippen LogP contribution in [0.1, 0.15) is 23.7 Å². The van der Waals surface area contributed by atoms with Gasteiger partial charge in [-0.2, -0.15) is 0 Å². The van der Waals surface area contributed by atoms with E-state index >= 15 is 0 Å². The van der Waals surface area contributed by atoms with Crippen molar-refractivity contribution in [2.45, 2.75) is 26.2 Å². The number of benzene rings is 2. The summed E-state index contributed by atoms with van der Waals surface area (Å²) >= 11 is 6.02. The molecule has 3 aromatic rings. The van der Waals surface area contributed by atoms with Gasteiger partial charge >= 0.3 is 6.09 Å². The lowest BCUT2D eigenvalue weighted by atomic mass is 9.81. The van der Waals surface area contributed by atoms with Crippen LogP contribution in [0.3, 0.4) is 0 Å². The summed E-state index contributed by atoms with van der Waals surface area (Å²) in [5, 5.41) is 14.2. The Kier molecular flexibility index (Phi) is 6.60. The summed E-state index contributed by atoms with van der Waals surface area (Å²) in [6, 6.07) is 13.5. The summed E-state index contributed by atoms with van der Waals surface area (Å²) in [6.45, 7) is 5.34. The summed E-state index contributed by atoms with van der Waals surface area (Å²) in [5.41, 5.74) is 2.87. The van der Waals surface area contributed by atoms with Crippen molar-refractivity contribution in [1.82, 2.24) is 4.98 Å². The van der Waals surface area contributed by atoms with Gasteiger partial charge in [-0.1, -0.05) is 29.8 Å². The Balaban J connectivity index is 1.99. The van der Waals surface area contributed by atoms with Crippen molar-refractivity contribution in [3.8, 4) is 11.1 Å². The first-order chi connectivity index (χ1) is 15.1. The van der Waals surface area contributed by atoms with Gasteiger partial charge in [-0.3, -0.25) is 15.1 Å². The number of carbonyl (C=O) groups is 3. The van der Waals surface area contributed by atoms with Crippen LogP contribution in [-0.2, 0) is 15.0 Å². The van der Waals surface area contributed by atoms with E-state index in [0.717, 1.165) is 22.4 Å². The van der Waals surface area contributed by atoms with E-state index in [4.69, 9.17) is 16.7 Å². The molecule has 0 spiro atoms. The van der Waals surface area contributed by atoms with Crippen LogP contribution < -0.4 is 10.6 Å². The molecule has 0 aliphatic heterocycles. The number of aldehydes is 1. The number of pyridine rings is 1. The average Bonchev–Trinajstić information content (AvgIpc) is 2.76. The average molecular weight is 452 g/mol. The van der Waals surface area contributed by atoms with Gasteiger partial charge < -0.3 is 15.2 Å². The molecule has 164 valence electrons. The van der Waals surface area contributed by atoms with E-state index in [1.807, 2.05) is 26.0 Å². The predicted molar refractivity (Wildman–Crippen MR) is 124 cm³/mol. The van der Waals surface area contributed by atoms with Crippen LogP contribution in [0.25, 0.3) is 11.1 Å². The Morgan fingerprint density at radius 2 is 1.81 bits per heavy atom. The highest BCUT2D eigenvalue weighted by molar-refractivity contribution is 6.31. The number of hydrogen-bond acceptors (Lipinski definition) is 4. The van der Waals surface area contributed by atoms with Crippen molar-refractivity contribution in [3.05, 3.63) is 76.6 Å². The zero-order valence-corrected chi connectivity index (χ0v) is 18.5. The number of amides is 2. The topological polar surface area (TPSA) is 108 Å². The molecule has 3 rings (SSSR count). The van der Waals surface area contributed by atoms with Gasteiger partial charge in [-0.05, 0) is 73.4 Å². The number of nitrogens with one attached hydrogen (secondary N) is 2. The molecule has 2 aromatic carbocycles. The van der Waals surface area contributed by atoms with Crippen LogP contribution >= 0.6 is 11.6 Å². The Bertz CT molecular complexity index is 1210. The maximum atomic E-state index is 13.2. The molecule has 1 heterocycles. The van der Waals surface area contributed by atoms with E-state index < -0.39 is 17.4 Å². The second-order valence-electron chi connectivity index (χ2n) is 7.62. The molecule has 32 heavy (non-hydrogen) atoms. The van der Waals surface area contributed by atoms with Crippen molar-refractivity contribution in [1.29, 1.82) is 0 Å². The number of halogens is 1. The third-order valence-electron chi connectivity index (χ3n) is 5.19. The SMILES string of the molecule is Cc1cc(-c2cccc(C(C)(C=O)C(=O)Nc3cc(Cl)ccc3NC(=O)O)c2)c(C)cn1. The minimum Gasteiger partial charge on any atom is -0.465 e. The lowest BCUT2D eigenvalue weighted by Gasteiger charge is -2.24. The molecule has 0 bridgehead atoms. The summed E-state index contributed by atoms with van der Waals surface area (Å²) in [5.74, 6) is -0.622. The molecule has 0 saturated carbocycles. The third-order valence-corrected chi connectivity index (χ3v) is 5.43. The van der Waals surface area contributed by atoms with E-state index in [9.17, 15) is 14.4 Å². The number of anilines is 2. The van der Waals surface area contributed by atoms with E-state index in [2.05, 4.69) is 15.6 Å². The molecule has 8 heteroatoms. The van der Waals surface area contributed by atoms with Crippen LogP contribution in [0.5, 0.6) is 0 Å². The number of carboxylic acid groups (broad SMARTS) is 1. The second-order valence-corrected chi connectivity index (χ2v) is 8.05. The smallest absolute Gasteiger partial charge is 0.409 e. The molecule has 7 nitrogen and oxygen atoms in total. The molecule has 3 N–H and O–H groups in total. The van der Waals surface area contributed by atoms with E-state index in [-0.39, 0.29) is 11.4 Å². The first-order valence-electron chi connectivity index (χ1n) is 9.75. The number of rotatable bonds is 6. The zero-order chi connectivity index (χ0) is 23.5. The largest absolute Gasteiger partial charge is 0.465 e. The fourth-order valence-corrected chi connectivity index (χ4v) is 3.47. The van der Waals surface area contributed by atoms with Gasteiger partial charge in [0.25, 0.3) is 0 Å². The lowest BCUT2D eigenvalue weighted by molar-refractivity contribution is -0.126. The lowest BCUT2D eigenvalue weighted by Crippen LogP contribution is -2.39. The summed E-state index contributed by atoms with van der Waals surface area (Å²) < 4.78 is 0. The van der Waals surface area contributed by atoms with Crippen LogP contribution in [0, 0.1) is 13.8 Å². The highest BCUT2D eigenvalue weighted by Crippen LogP contribution is 2.32. The molecule has 0 saturated heterocycles. The first-order valence-corrected chi connectivity index (χ1v) is 10.1. The van der Waals surface area contributed by atoms with Gasteiger partial charge in [-0.25, -0.2) is 4.79 Å². The first kappa shape index (κ1) is 23.0. The normalized spacial score (nSPS) is 12.5. The molecule has 0 aliphatic carbocycles. The standard InChI is InChI=1S/C24H22ClN3O4/c1-14-12-26-15(2)9-19(14)16-5-4-6-17(10-16)24(3,13-29)22(30)27-21-11-18(25)7-8-20(21)28-23(31)32/h4-13,28H,1-3H3,(H,27,30)(H,31,32). The van der Waals surface area contributed by atoms with Gasteiger partial charge in [0.1, 0.15) is 11.7 Å². The number of aryl methyl sites for hydroxylation is 2. The van der Waals surface area contributed by atoms with Gasteiger partial charge in [0.05, 0.1) is 11.4 Å². The number of carbonyl (C=O) groups excluding carboxylic acids is 2. The maximum absolute atomic E-state index is 13.2. The number of aromatic nitrogens is 1. The monoisotopic (exact) mass is 451 g/mol. The molecular formula is C24H22ClN3O4. The van der Waals surface area contributed by atoms with E-state index in [1.165, 1.54) is 25.1 Å². The van der Waals surface area contributed by atoms with Crippen LogP contribution in [0.4, 0.5) is 16.2 Å². The molecule has 0 radical (unpaired) electrons. The third kappa shape index (κ3) is 4.78. The Morgan fingerprint density at radius 1 is 1.06 bits per heavy atom. The Labute approximate surface area is 190 Å². The summed E-state index contributed by atoms with van der Waals surface area (Å²) in [4.78, 5) is 40.7. The fourth-order valence-electron chi connectivity index (χ4n) is 3.30. The van der Waals surface area contributed by atoms with Gasteiger partial charge in [0.2, 0.25) is 5.91 Å². The van der Waals surface area contributed by atoms with Crippen molar-refractivity contribution < 1.29 is 19.5 Å². The van der Waals surface area contributed by atoms with Gasteiger partial charge in [0, 0.05) is 16.9 Å². The molecule has 0 fully saturated rings. The molecular weight excluding hydrogens is 430 g/mol. The van der Waals surface area contributed by atoms with Crippen molar-refractivity contribution >= 4 is 41.3 Å². The summed E-state index contributed by atoms with van der Waals surface area (Å²) in [7, 11) is 0. The molecule has 1 atom stereocenters. The minimum atomic E-state index is -1.53. The Hall–Kier alpha value is -3.71. The number of nitrogens with zero attached hydrogens (tertiary/aromatic N) is 1. The van der Waals surface area contributed by atoms with Crippen LogP contribution in [0.2, 0.25) is 5.02 Å². The van der Waals surface area contributed by atoms with Crippen LogP contribution in [0.15, 0.2) is 54.7 Å². The van der Waals surface area contributed by atoms with Gasteiger partial charge in [0.15, 0.2) is 0 Å². The Morgan fingerprint density at radius 3 is 2.50 bits per heavy atom. The van der Waals surface area contributed by atoms with Crippen molar-refractivity contribution in [3.63, 3.8) is 0 Å².